The molecule has 0 saturated heterocycles. The lowest BCUT2D eigenvalue weighted by Crippen LogP contribution is -2.40. The number of benzene rings is 1. The molecule has 3 aliphatic rings. The van der Waals surface area contributed by atoms with E-state index in [0.717, 1.165) is 51.4 Å². The smallest absolute Gasteiger partial charge is 0.261 e. The number of carbonyl (C=O) groups is 2. The first-order chi connectivity index (χ1) is 13.6. The Morgan fingerprint density at radius 2 is 1.69 bits per heavy atom. The first-order valence-electron chi connectivity index (χ1n) is 10.2. The lowest BCUT2D eigenvalue weighted by Gasteiger charge is -2.29. The van der Waals surface area contributed by atoms with Gasteiger partial charge in [0.2, 0.25) is 0 Å². The molecule has 2 saturated carbocycles. The fourth-order valence-electron chi connectivity index (χ4n) is 4.84. The molecule has 0 spiro atoms. The first-order valence-corrected chi connectivity index (χ1v) is 10.2. The molecule has 5 rings (SSSR count). The monoisotopic (exact) mass is 416 g/mol. The molecule has 1 aliphatic heterocycles. The third-order valence-electron chi connectivity index (χ3n) is 6.47. The van der Waals surface area contributed by atoms with Crippen LogP contribution in [0.25, 0.3) is 11.5 Å². The van der Waals surface area contributed by atoms with Gasteiger partial charge < -0.3 is 10.3 Å². The molecule has 29 heavy (non-hydrogen) atoms. The molecule has 2 aliphatic carbocycles. The Morgan fingerprint density at radius 1 is 1.00 bits per heavy atom. The van der Waals surface area contributed by atoms with Gasteiger partial charge in [0.05, 0.1) is 16.7 Å². The predicted molar refractivity (Wildman–Crippen MR) is 109 cm³/mol. The van der Waals surface area contributed by atoms with Crippen molar-refractivity contribution in [1.82, 2.24) is 15.0 Å². The van der Waals surface area contributed by atoms with Crippen LogP contribution in [0, 0.1) is 0 Å². The Bertz CT molecular complexity index is 945. The Hall–Kier alpha value is -2.25. The highest BCUT2D eigenvalue weighted by molar-refractivity contribution is 6.22. The standard InChI is InChI=1S/C21H24N4O3.ClH/c22-21(10-4-5-11-21)20-23-17(28-24-20)13-8-9-15-16(12-13)19(27)25(18(15)26)14-6-2-1-3-7-14;/h8-9,12,14H,1-7,10-11,22H2;1H. The number of amides is 2. The highest BCUT2D eigenvalue weighted by Crippen LogP contribution is 2.36. The van der Waals surface area contributed by atoms with Crippen molar-refractivity contribution in [2.24, 2.45) is 5.73 Å². The Kier molecular flexibility index (Phi) is 5.21. The molecule has 2 heterocycles. The lowest BCUT2D eigenvalue weighted by atomic mass is 9.94. The molecule has 0 bridgehead atoms. The van der Waals surface area contributed by atoms with Gasteiger partial charge in [-0.3, -0.25) is 14.5 Å². The van der Waals surface area contributed by atoms with Gasteiger partial charge in [0.25, 0.3) is 17.7 Å². The van der Waals surface area contributed by atoms with Crippen molar-refractivity contribution in [1.29, 1.82) is 0 Å². The Labute approximate surface area is 175 Å². The summed E-state index contributed by atoms with van der Waals surface area (Å²) < 4.78 is 5.44. The molecule has 7 nitrogen and oxygen atoms in total. The van der Waals surface area contributed by atoms with Crippen molar-refractivity contribution in [3.8, 4) is 11.5 Å². The normalized spacial score (nSPS) is 21.3. The molecule has 1 aromatic heterocycles. The molecule has 0 unspecified atom stereocenters. The molecule has 2 N–H and O–H groups in total. The second-order valence-electron chi connectivity index (χ2n) is 8.32. The van der Waals surface area contributed by atoms with Crippen molar-refractivity contribution in [3.05, 3.63) is 35.2 Å². The van der Waals surface area contributed by atoms with Crippen LogP contribution in [0.1, 0.15) is 84.3 Å². The number of nitrogens with two attached hydrogens (primary N) is 1. The maximum absolute atomic E-state index is 13.0. The zero-order valence-corrected chi connectivity index (χ0v) is 17.0. The molecule has 154 valence electrons. The number of carbonyl (C=O) groups excluding carboxylic acids is 2. The van der Waals surface area contributed by atoms with E-state index in [0.29, 0.717) is 28.4 Å². The largest absolute Gasteiger partial charge is 0.334 e. The van der Waals surface area contributed by atoms with Crippen LogP contribution in [0.3, 0.4) is 0 Å². The average molecular weight is 417 g/mol. The van der Waals surface area contributed by atoms with Crippen LogP contribution in [-0.4, -0.2) is 32.9 Å². The highest BCUT2D eigenvalue weighted by atomic mass is 35.5. The van der Waals surface area contributed by atoms with E-state index in [4.69, 9.17) is 10.3 Å². The van der Waals surface area contributed by atoms with Gasteiger partial charge in [-0.05, 0) is 43.9 Å². The van der Waals surface area contributed by atoms with Gasteiger partial charge in [-0.1, -0.05) is 37.3 Å². The Morgan fingerprint density at radius 3 is 2.41 bits per heavy atom. The second-order valence-corrected chi connectivity index (χ2v) is 8.32. The Balaban J connectivity index is 0.00000205. The van der Waals surface area contributed by atoms with E-state index in [2.05, 4.69) is 10.1 Å². The van der Waals surface area contributed by atoms with Crippen molar-refractivity contribution >= 4 is 24.2 Å². The lowest BCUT2D eigenvalue weighted by molar-refractivity contribution is 0.0549. The second kappa shape index (κ2) is 7.54. The number of fused-ring (bicyclic) bond motifs is 1. The van der Waals surface area contributed by atoms with Crippen LogP contribution in [-0.2, 0) is 5.54 Å². The SMILES string of the molecule is Cl.NC1(c2noc(-c3ccc4c(c3)C(=O)N(C3CCCCC3)C4=O)n2)CCCC1. The zero-order chi connectivity index (χ0) is 19.3. The van der Waals surface area contributed by atoms with Gasteiger partial charge >= 0.3 is 0 Å². The molecule has 2 fully saturated rings. The minimum atomic E-state index is -0.526. The van der Waals surface area contributed by atoms with E-state index in [9.17, 15) is 9.59 Å². The van der Waals surface area contributed by atoms with Crippen LogP contribution in [0.4, 0.5) is 0 Å². The van der Waals surface area contributed by atoms with E-state index in [1.165, 1.54) is 11.3 Å². The van der Waals surface area contributed by atoms with Crippen molar-refractivity contribution in [2.75, 3.05) is 0 Å². The van der Waals surface area contributed by atoms with E-state index in [1.807, 2.05) is 0 Å². The fourth-order valence-corrected chi connectivity index (χ4v) is 4.84. The molecule has 0 radical (unpaired) electrons. The van der Waals surface area contributed by atoms with Crippen LogP contribution in [0.15, 0.2) is 22.7 Å². The summed E-state index contributed by atoms with van der Waals surface area (Å²) in [4.78, 5) is 31.7. The first kappa shape index (κ1) is 20.0. The predicted octanol–water partition coefficient (Wildman–Crippen LogP) is 3.82. The third kappa shape index (κ3) is 3.26. The number of nitrogens with zero attached hydrogens (tertiary/aromatic N) is 3. The van der Waals surface area contributed by atoms with Crippen molar-refractivity contribution < 1.29 is 14.1 Å². The van der Waals surface area contributed by atoms with E-state index < -0.39 is 5.54 Å². The number of imide groups is 1. The van der Waals surface area contributed by atoms with Gasteiger partial charge in [-0.15, -0.1) is 12.4 Å². The molecule has 8 heteroatoms. The fraction of sp³-hybridized carbons (Fsp3) is 0.524. The van der Waals surface area contributed by atoms with Gasteiger partial charge in [0.1, 0.15) is 0 Å². The van der Waals surface area contributed by atoms with Gasteiger partial charge in [0.15, 0.2) is 5.82 Å². The van der Waals surface area contributed by atoms with Crippen LogP contribution in [0.2, 0.25) is 0 Å². The summed E-state index contributed by atoms with van der Waals surface area (Å²) in [7, 11) is 0. The third-order valence-corrected chi connectivity index (χ3v) is 6.47. The summed E-state index contributed by atoms with van der Waals surface area (Å²) in [6.07, 6.45) is 8.91. The van der Waals surface area contributed by atoms with E-state index in [1.54, 1.807) is 18.2 Å². The number of hydrogen-bond acceptors (Lipinski definition) is 6. The maximum atomic E-state index is 13.0. The quantitative estimate of drug-likeness (QED) is 0.763. The van der Waals surface area contributed by atoms with E-state index >= 15 is 0 Å². The minimum Gasteiger partial charge on any atom is -0.334 e. The molecule has 0 atom stereocenters. The zero-order valence-electron chi connectivity index (χ0n) is 16.2. The van der Waals surface area contributed by atoms with Crippen LogP contribution >= 0.6 is 12.4 Å². The molecule has 1 aromatic carbocycles. The molecular weight excluding hydrogens is 392 g/mol. The van der Waals surface area contributed by atoms with Crippen molar-refractivity contribution in [2.45, 2.75) is 69.4 Å². The summed E-state index contributed by atoms with van der Waals surface area (Å²) in [6, 6.07) is 5.18. The number of aromatic nitrogens is 2. The van der Waals surface area contributed by atoms with Gasteiger partial charge in [-0.2, -0.15) is 4.98 Å². The topological polar surface area (TPSA) is 102 Å². The van der Waals surface area contributed by atoms with Crippen LogP contribution < -0.4 is 5.73 Å². The summed E-state index contributed by atoms with van der Waals surface area (Å²) in [5, 5.41) is 4.09. The number of rotatable bonds is 3. The highest BCUT2D eigenvalue weighted by Gasteiger charge is 2.41. The molecule has 2 amide bonds. The minimum absolute atomic E-state index is 0. The maximum Gasteiger partial charge on any atom is 0.261 e. The summed E-state index contributed by atoms with van der Waals surface area (Å²) in [6.45, 7) is 0. The van der Waals surface area contributed by atoms with E-state index in [-0.39, 0.29) is 30.3 Å². The molecular formula is C21H25ClN4O3. The summed E-state index contributed by atoms with van der Waals surface area (Å²) in [5.74, 6) is 0.466. The summed E-state index contributed by atoms with van der Waals surface area (Å²) in [5.41, 5.74) is 7.42. The molecule has 2 aromatic rings. The number of hydrogen-bond donors (Lipinski definition) is 1. The summed E-state index contributed by atoms with van der Waals surface area (Å²) >= 11 is 0. The average Bonchev–Trinajstić information content (AvgIpc) is 3.43. The van der Waals surface area contributed by atoms with Crippen LogP contribution in [0.5, 0.6) is 0 Å². The number of halogens is 1. The van der Waals surface area contributed by atoms with Crippen molar-refractivity contribution in [3.63, 3.8) is 0 Å². The van der Waals surface area contributed by atoms with Gasteiger partial charge in [-0.25, -0.2) is 0 Å². The van der Waals surface area contributed by atoms with Gasteiger partial charge in [0, 0.05) is 11.6 Å².